The van der Waals surface area contributed by atoms with E-state index in [4.69, 9.17) is 11.6 Å². The topological polar surface area (TPSA) is 0 Å². The first-order chi connectivity index (χ1) is 8.25. The molecule has 2 saturated carbocycles. The number of hydrogen-bond acceptors (Lipinski definition) is 0. The van der Waals surface area contributed by atoms with Crippen LogP contribution >= 0.6 is 27.5 Å². The van der Waals surface area contributed by atoms with Crippen molar-refractivity contribution in [2.75, 3.05) is 0 Å². The molecule has 1 aromatic rings. The molecule has 0 radical (unpaired) electrons. The summed E-state index contributed by atoms with van der Waals surface area (Å²) < 4.78 is 1.16. The molecule has 2 fully saturated rings. The minimum atomic E-state index is 0.345. The third kappa shape index (κ3) is 2.56. The lowest BCUT2D eigenvalue weighted by molar-refractivity contribution is 0.480. The van der Waals surface area contributed by atoms with Gasteiger partial charge in [-0.2, -0.15) is 0 Å². The molecule has 0 aromatic heterocycles. The lowest BCUT2D eigenvalue weighted by Crippen LogP contribution is -2.08. The van der Waals surface area contributed by atoms with Gasteiger partial charge in [-0.25, -0.2) is 0 Å². The van der Waals surface area contributed by atoms with E-state index < -0.39 is 0 Å². The molecule has 0 aliphatic heterocycles. The molecule has 0 nitrogen and oxygen atoms in total. The van der Waals surface area contributed by atoms with Crippen molar-refractivity contribution in [3.63, 3.8) is 0 Å². The second-order valence-corrected chi connectivity index (χ2v) is 7.02. The Morgan fingerprint density at radius 1 is 1.24 bits per heavy atom. The molecule has 2 aliphatic rings. The summed E-state index contributed by atoms with van der Waals surface area (Å²) in [5.41, 5.74) is 1.36. The van der Waals surface area contributed by atoms with Gasteiger partial charge in [-0.1, -0.05) is 40.9 Å². The van der Waals surface area contributed by atoms with Gasteiger partial charge in [-0.15, -0.1) is 11.6 Å². The fraction of sp³-hybridized carbons (Fsp3) is 0.600. The summed E-state index contributed by atoms with van der Waals surface area (Å²) in [5.74, 6) is 2.72. The Morgan fingerprint density at radius 3 is 2.59 bits per heavy atom. The SMILES string of the molecule is ClC(Cc1cccc(Br)c1)C1C2CCCCC21. The number of halogens is 2. The first-order valence-electron chi connectivity index (χ1n) is 6.64. The Morgan fingerprint density at radius 2 is 1.94 bits per heavy atom. The number of rotatable bonds is 3. The van der Waals surface area contributed by atoms with Crippen LogP contribution < -0.4 is 0 Å². The Labute approximate surface area is 117 Å². The van der Waals surface area contributed by atoms with E-state index in [1.807, 2.05) is 0 Å². The standard InChI is InChI=1S/C15H18BrCl/c16-11-5-3-4-10(8-11)9-14(17)15-12-6-1-2-7-13(12)15/h3-5,8,12-15H,1-2,6-7,9H2. The van der Waals surface area contributed by atoms with Crippen LogP contribution in [0.4, 0.5) is 0 Å². The van der Waals surface area contributed by atoms with Gasteiger partial charge in [0.2, 0.25) is 0 Å². The van der Waals surface area contributed by atoms with Gasteiger partial charge in [-0.3, -0.25) is 0 Å². The van der Waals surface area contributed by atoms with Crippen LogP contribution in [0, 0.1) is 17.8 Å². The summed E-state index contributed by atoms with van der Waals surface area (Å²) in [7, 11) is 0. The van der Waals surface area contributed by atoms with Crippen molar-refractivity contribution in [1.82, 2.24) is 0 Å². The molecule has 0 amide bonds. The van der Waals surface area contributed by atoms with Gasteiger partial charge in [-0.05, 0) is 54.7 Å². The van der Waals surface area contributed by atoms with Crippen LogP contribution in [0.2, 0.25) is 0 Å². The number of fused-ring (bicyclic) bond motifs is 1. The molecule has 17 heavy (non-hydrogen) atoms. The maximum absolute atomic E-state index is 6.62. The van der Waals surface area contributed by atoms with E-state index in [-0.39, 0.29) is 0 Å². The van der Waals surface area contributed by atoms with E-state index >= 15 is 0 Å². The van der Waals surface area contributed by atoms with Crippen molar-refractivity contribution in [1.29, 1.82) is 0 Å². The van der Waals surface area contributed by atoms with E-state index in [0.29, 0.717) is 5.38 Å². The third-order valence-electron chi connectivity index (χ3n) is 4.46. The highest BCUT2D eigenvalue weighted by molar-refractivity contribution is 9.10. The van der Waals surface area contributed by atoms with Gasteiger partial charge in [0.25, 0.3) is 0 Å². The summed E-state index contributed by atoms with van der Waals surface area (Å²) in [6, 6.07) is 8.56. The van der Waals surface area contributed by atoms with Crippen molar-refractivity contribution in [2.24, 2.45) is 17.8 Å². The number of alkyl halides is 1. The van der Waals surface area contributed by atoms with Crippen molar-refractivity contribution < 1.29 is 0 Å². The van der Waals surface area contributed by atoms with Crippen LogP contribution in [0.1, 0.15) is 31.2 Å². The highest BCUT2D eigenvalue weighted by atomic mass is 79.9. The third-order valence-corrected chi connectivity index (χ3v) is 5.40. The van der Waals surface area contributed by atoms with Crippen LogP contribution in [0.25, 0.3) is 0 Å². The predicted octanol–water partition coefficient (Wildman–Crippen LogP) is 5.04. The second-order valence-electron chi connectivity index (χ2n) is 5.54. The summed E-state index contributed by atoms with van der Waals surface area (Å²) in [6.07, 6.45) is 6.74. The highest BCUT2D eigenvalue weighted by Gasteiger charge is 2.53. The average Bonchev–Trinajstić information content (AvgIpc) is 3.03. The molecular weight excluding hydrogens is 296 g/mol. The lowest BCUT2D eigenvalue weighted by Gasteiger charge is -2.09. The monoisotopic (exact) mass is 312 g/mol. The van der Waals surface area contributed by atoms with Gasteiger partial charge in [0.15, 0.2) is 0 Å². The van der Waals surface area contributed by atoms with Crippen LogP contribution in [-0.4, -0.2) is 5.38 Å². The van der Waals surface area contributed by atoms with Gasteiger partial charge in [0.1, 0.15) is 0 Å². The van der Waals surface area contributed by atoms with E-state index in [2.05, 4.69) is 40.2 Å². The molecule has 0 heterocycles. The molecule has 3 atom stereocenters. The maximum atomic E-state index is 6.62. The molecule has 2 heteroatoms. The normalized spacial score (nSPS) is 32.9. The average molecular weight is 314 g/mol. The molecule has 0 saturated heterocycles. The Hall–Kier alpha value is -0.0100. The largest absolute Gasteiger partial charge is 0.122 e. The van der Waals surface area contributed by atoms with Crippen molar-refractivity contribution in [3.8, 4) is 0 Å². The van der Waals surface area contributed by atoms with E-state index in [1.54, 1.807) is 0 Å². The van der Waals surface area contributed by atoms with Crippen molar-refractivity contribution >= 4 is 27.5 Å². The van der Waals surface area contributed by atoms with Crippen molar-refractivity contribution in [2.45, 2.75) is 37.5 Å². The zero-order valence-electron chi connectivity index (χ0n) is 9.91. The van der Waals surface area contributed by atoms with Crippen LogP contribution in [0.3, 0.4) is 0 Å². The molecule has 92 valence electrons. The molecule has 1 aromatic carbocycles. The summed E-state index contributed by atoms with van der Waals surface area (Å²) >= 11 is 10.1. The van der Waals surface area contributed by atoms with Gasteiger partial charge < -0.3 is 0 Å². The summed E-state index contributed by atoms with van der Waals surface area (Å²) in [5, 5.41) is 0.345. The van der Waals surface area contributed by atoms with Gasteiger partial charge in [0.05, 0.1) is 0 Å². The number of hydrogen-bond donors (Lipinski definition) is 0. The second kappa shape index (κ2) is 4.93. The summed E-state index contributed by atoms with van der Waals surface area (Å²) in [4.78, 5) is 0. The molecule has 2 aliphatic carbocycles. The first-order valence-corrected chi connectivity index (χ1v) is 7.87. The molecular formula is C15H18BrCl. The van der Waals surface area contributed by atoms with Crippen molar-refractivity contribution in [3.05, 3.63) is 34.3 Å². The molecule has 0 N–H and O–H groups in total. The molecule has 3 rings (SSSR count). The zero-order chi connectivity index (χ0) is 11.8. The van der Waals surface area contributed by atoms with Crippen LogP contribution in [0.15, 0.2) is 28.7 Å². The quantitative estimate of drug-likeness (QED) is 0.686. The van der Waals surface area contributed by atoms with Gasteiger partial charge >= 0.3 is 0 Å². The predicted molar refractivity (Wildman–Crippen MR) is 76.4 cm³/mol. The fourth-order valence-corrected chi connectivity index (χ4v) is 4.61. The fourth-order valence-electron chi connectivity index (χ4n) is 3.61. The minimum absolute atomic E-state index is 0.345. The molecule has 0 bridgehead atoms. The Bertz CT molecular complexity index is 392. The van der Waals surface area contributed by atoms with Gasteiger partial charge in [0, 0.05) is 9.85 Å². The highest BCUT2D eigenvalue weighted by Crippen LogP contribution is 2.58. The summed E-state index contributed by atoms with van der Waals surface area (Å²) in [6.45, 7) is 0. The number of benzene rings is 1. The smallest absolute Gasteiger partial charge is 0.0410 e. The van der Waals surface area contributed by atoms with E-state index in [9.17, 15) is 0 Å². The molecule has 0 spiro atoms. The van der Waals surface area contributed by atoms with E-state index in [0.717, 1.165) is 28.6 Å². The zero-order valence-corrected chi connectivity index (χ0v) is 12.3. The Kier molecular flexibility index (Phi) is 3.49. The van der Waals surface area contributed by atoms with E-state index in [1.165, 1.54) is 31.2 Å². The molecule has 3 unspecified atom stereocenters. The lowest BCUT2D eigenvalue weighted by atomic mass is 10.0. The minimum Gasteiger partial charge on any atom is -0.122 e. The first kappa shape index (κ1) is 12.0. The van der Waals surface area contributed by atoms with Crippen LogP contribution in [0.5, 0.6) is 0 Å². The maximum Gasteiger partial charge on any atom is 0.0410 e. The van der Waals surface area contributed by atoms with Crippen LogP contribution in [-0.2, 0) is 6.42 Å². The Balaban J connectivity index is 1.62.